The van der Waals surface area contributed by atoms with Crippen LogP contribution in [0.1, 0.15) is 12.8 Å². The SMILES string of the molecule is CNCCC[C@H](N)C(=O)NCC=O. The Bertz CT molecular complexity index is 161. The number of amides is 1. The lowest BCUT2D eigenvalue weighted by Crippen LogP contribution is -2.41. The molecule has 0 spiro atoms. The quantitative estimate of drug-likeness (QED) is 0.339. The zero-order valence-electron chi connectivity index (χ0n) is 7.88. The van der Waals surface area contributed by atoms with Crippen LogP contribution in [-0.4, -0.2) is 38.4 Å². The highest BCUT2D eigenvalue weighted by Crippen LogP contribution is 1.92. The maximum atomic E-state index is 11.1. The predicted octanol–water partition coefficient (Wildman–Crippen LogP) is -1.37. The van der Waals surface area contributed by atoms with E-state index in [0.717, 1.165) is 13.0 Å². The van der Waals surface area contributed by atoms with Crippen molar-refractivity contribution in [3.63, 3.8) is 0 Å². The maximum Gasteiger partial charge on any atom is 0.237 e. The fourth-order valence-corrected chi connectivity index (χ4v) is 0.903. The Kier molecular flexibility index (Phi) is 7.14. The van der Waals surface area contributed by atoms with Gasteiger partial charge in [0.05, 0.1) is 12.6 Å². The van der Waals surface area contributed by atoms with Crippen LogP contribution in [0.2, 0.25) is 0 Å². The molecule has 0 saturated carbocycles. The van der Waals surface area contributed by atoms with Crippen LogP contribution in [0, 0.1) is 0 Å². The van der Waals surface area contributed by atoms with Crippen molar-refractivity contribution in [1.82, 2.24) is 10.6 Å². The number of carbonyl (C=O) groups excluding carboxylic acids is 2. The van der Waals surface area contributed by atoms with E-state index >= 15 is 0 Å². The molecule has 0 heterocycles. The summed E-state index contributed by atoms with van der Waals surface area (Å²) in [6.45, 7) is 0.882. The van der Waals surface area contributed by atoms with Crippen molar-refractivity contribution in [2.75, 3.05) is 20.1 Å². The minimum atomic E-state index is -0.506. The van der Waals surface area contributed by atoms with Crippen LogP contribution >= 0.6 is 0 Å². The first kappa shape index (κ1) is 12.1. The molecule has 1 atom stereocenters. The van der Waals surface area contributed by atoms with Gasteiger partial charge in [-0.25, -0.2) is 0 Å². The van der Waals surface area contributed by atoms with Gasteiger partial charge in [0.2, 0.25) is 5.91 Å². The van der Waals surface area contributed by atoms with E-state index < -0.39 is 6.04 Å². The molecule has 0 aromatic heterocycles. The number of carbonyl (C=O) groups is 2. The van der Waals surface area contributed by atoms with Gasteiger partial charge < -0.3 is 21.2 Å². The molecule has 0 bridgehead atoms. The fraction of sp³-hybridized carbons (Fsp3) is 0.750. The van der Waals surface area contributed by atoms with Gasteiger partial charge in [0, 0.05) is 0 Å². The normalized spacial score (nSPS) is 12.2. The van der Waals surface area contributed by atoms with Gasteiger partial charge in [-0.05, 0) is 26.4 Å². The first-order valence-electron chi connectivity index (χ1n) is 4.34. The monoisotopic (exact) mass is 187 g/mol. The second kappa shape index (κ2) is 7.70. The highest BCUT2D eigenvalue weighted by molar-refractivity contribution is 5.83. The van der Waals surface area contributed by atoms with Gasteiger partial charge in [-0.15, -0.1) is 0 Å². The Morgan fingerprint density at radius 2 is 2.31 bits per heavy atom. The van der Waals surface area contributed by atoms with E-state index in [1.54, 1.807) is 0 Å². The van der Waals surface area contributed by atoms with Crippen LogP contribution in [-0.2, 0) is 9.59 Å². The van der Waals surface area contributed by atoms with Crippen molar-refractivity contribution in [2.24, 2.45) is 5.73 Å². The number of hydrogen-bond acceptors (Lipinski definition) is 4. The van der Waals surface area contributed by atoms with Crippen molar-refractivity contribution in [3.05, 3.63) is 0 Å². The van der Waals surface area contributed by atoms with E-state index in [-0.39, 0.29) is 12.5 Å². The number of aldehydes is 1. The molecule has 0 saturated heterocycles. The molecule has 0 fully saturated rings. The van der Waals surface area contributed by atoms with Gasteiger partial charge in [0.1, 0.15) is 6.29 Å². The smallest absolute Gasteiger partial charge is 0.237 e. The van der Waals surface area contributed by atoms with E-state index in [1.165, 1.54) is 0 Å². The highest BCUT2D eigenvalue weighted by Gasteiger charge is 2.11. The summed E-state index contributed by atoms with van der Waals surface area (Å²) in [5.74, 6) is -0.261. The van der Waals surface area contributed by atoms with Crippen molar-refractivity contribution in [3.8, 4) is 0 Å². The number of nitrogens with one attached hydrogen (secondary N) is 2. The molecule has 0 radical (unpaired) electrons. The van der Waals surface area contributed by atoms with Crippen LogP contribution in [0.25, 0.3) is 0 Å². The van der Waals surface area contributed by atoms with E-state index in [9.17, 15) is 9.59 Å². The average Bonchev–Trinajstić information content (AvgIpc) is 2.14. The first-order valence-corrected chi connectivity index (χ1v) is 4.34. The first-order chi connectivity index (χ1) is 6.22. The Labute approximate surface area is 78.1 Å². The van der Waals surface area contributed by atoms with Crippen LogP contribution in [0.15, 0.2) is 0 Å². The summed E-state index contributed by atoms with van der Waals surface area (Å²) in [6, 6.07) is -0.506. The number of hydrogen-bond donors (Lipinski definition) is 3. The molecule has 5 nitrogen and oxygen atoms in total. The maximum absolute atomic E-state index is 11.1. The largest absolute Gasteiger partial charge is 0.348 e. The Hall–Kier alpha value is -0.940. The Morgan fingerprint density at radius 3 is 2.85 bits per heavy atom. The molecule has 0 unspecified atom stereocenters. The van der Waals surface area contributed by atoms with E-state index in [2.05, 4.69) is 10.6 Å². The van der Waals surface area contributed by atoms with Crippen molar-refractivity contribution in [2.45, 2.75) is 18.9 Å². The van der Waals surface area contributed by atoms with Crippen molar-refractivity contribution >= 4 is 12.2 Å². The molecule has 0 aromatic carbocycles. The summed E-state index contributed by atoms with van der Waals surface area (Å²) >= 11 is 0. The molecule has 4 N–H and O–H groups in total. The lowest BCUT2D eigenvalue weighted by Gasteiger charge is -2.09. The second-order valence-corrected chi connectivity index (χ2v) is 2.76. The van der Waals surface area contributed by atoms with E-state index in [0.29, 0.717) is 12.7 Å². The summed E-state index contributed by atoms with van der Waals surface area (Å²) in [5.41, 5.74) is 5.54. The molecule has 0 rings (SSSR count). The second-order valence-electron chi connectivity index (χ2n) is 2.76. The minimum absolute atomic E-state index is 0.0402. The molecule has 1 amide bonds. The predicted molar refractivity (Wildman–Crippen MR) is 50.2 cm³/mol. The summed E-state index contributed by atoms with van der Waals surface area (Å²) in [5, 5.41) is 5.37. The van der Waals surface area contributed by atoms with Gasteiger partial charge in [-0.2, -0.15) is 0 Å². The lowest BCUT2D eigenvalue weighted by atomic mass is 10.1. The van der Waals surface area contributed by atoms with Crippen molar-refractivity contribution in [1.29, 1.82) is 0 Å². The van der Waals surface area contributed by atoms with Gasteiger partial charge in [0.25, 0.3) is 0 Å². The third kappa shape index (κ3) is 6.24. The van der Waals surface area contributed by atoms with Crippen molar-refractivity contribution < 1.29 is 9.59 Å². The Balaban J connectivity index is 3.50. The van der Waals surface area contributed by atoms with E-state index in [1.807, 2.05) is 7.05 Å². The molecule has 76 valence electrons. The zero-order chi connectivity index (χ0) is 10.1. The number of nitrogens with two attached hydrogens (primary N) is 1. The summed E-state index contributed by atoms with van der Waals surface area (Å²) < 4.78 is 0. The Morgan fingerprint density at radius 1 is 1.62 bits per heavy atom. The zero-order valence-corrected chi connectivity index (χ0v) is 7.88. The molecule has 0 aromatic rings. The molecule has 0 aliphatic rings. The van der Waals surface area contributed by atoms with Crippen LogP contribution < -0.4 is 16.4 Å². The summed E-state index contributed by atoms with van der Waals surface area (Å²) in [7, 11) is 1.85. The topological polar surface area (TPSA) is 84.2 Å². The van der Waals surface area contributed by atoms with Crippen LogP contribution in [0.5, 0.6) is 0 Å². The lowest BCUT2D eigenvalue weighted by molar-refractivity contribution is -0.123. The van der Waals surface area contributed by atoms with Gasteiger partial charge in [0.15, 0.2) is 0 Å². The van der Waals surface area contributed by atoms with Gasteiger partial charge in [-0.1, -0.05) is 0 Å². The third-order valence-corrected chi connectivity index (χ3v) is 1.64. The highest BCUT2D eigenvalue weighted by atomic mass is 16.2. The molecular weight excluding hydrogens is 170 g/mol. The minimum Gasteiger partial charge on any atom is -0.348 e. The summed E-state index contributed by atoms with van der Waals surface area (Å²) in [6.07, 6.45) is 2.12. The molecule has 13 heavy (non-hydrogen) atoms. The standard InChI is InChI=1S/C8H17N3O2/c1-10-4-2-3-7(9)8(13)11-5-6-12/h6-7,10H,2-5,9H2,1H3,(H,11,13)/t7-/m0/s1. The fourth-order valence-electron chi connectivity index (χ4n) is 0.903. The van der Waals surface area contributed by atoms with Crippen LogP contribution in [0.3, 0.4) is 0 Å². The van der Waals surface area contributed by atoms with Crippen LogP contribution in [0.4, 0.5) is 0 Å². The molecular formula is C8H17N3O2. The number of rotatable bonds is 7. The molecule has 5 heteroatoms. The molecule has 0 aliphatic carbocycles. The average molecular weight is 187 g/mol. The van der Waals surface area contributed by atoms with E-state index in [4.69, 9.17) is 5.73 Å². The molecule has 0 aliphatic heterocycles. The third-order valence-electron chi connectivity index (χ3n) is 1.64. The van der Waals surface area contributed by atoms with Gasteiger partial charge >= 0.3 is 0 Å². The summed E-state index contributed by atoms with van der Waals surface area (Å²) in [4.78, 5) is 21.0. The van der Waals surface area contributed by atoms with Gasteiger partial charge in [-0.3, -0.25) is 4.79 Å².